The van der Waals surface area contributed by atoms with Gasteiger partial charge in [-0.2, -0.15) is 5.10 Å². The number of nitrogens with zero attached hydrogens (tertiary/aromatic N) is 4. The molecule has 0 saturated carbocycles. The van der Waals surface area contributed by atoms with Crippen molar-refractivity contribution in [2.45, 2.75) is 18.1 Å². The number of hydrazone groups is 1. The van der Waals surface area contributed by atoms with Crippen molar-refractivity contribution in [1.82, 2.24) is 10.9 Å². The molecule has 11 nitrogen and oxygen atoms in total. The molecule has 1 aliphatic carbocycles. The summed E-state index contributed by atoms with van der Waals surface area (Å²) in [5.74, 6) is 0.933. The lowest BCUT2D eigenvalue weighted by Crippen LogP contribution is -2.38. The molecule has 11 aromatic rings. The van der Waals surface area contributed by atoms with Gasteiger partial charge in [-0.1, -0.05) is 188 Å². The number of ketones is 2. The van der Waals surface area contributed by atoms with Crippen LogP contribution in [0.5, 0.6) is 11.5 Å². The Kier molecular flexibility index (Phi) is 17.6. The molecule has 11 heteroatoms. The van der Waals surface area contributed by atoms with E-state index in [1.807, 2.05) is 212 Å². The van der Waals surface area contributed by atoms with Crippen LogP contribution >= 0.6 is 0 Å². The van der Waals surface area contributed by atoms with E-state index >= 15 is 0 Å². The zero-order valence-electron chi connectivity index (χ0n) is 47.8. The highest BCUT2D eigenvalue weighted by Crippen LogP contribution is 2.51. The number of hydrogen-bond acceptors (Lipinski definition) is 11. The van der Waals surface area contributed by atoms with Gasteiger partial charge in [0.1, 0.15) is 30.8 Å². The number of hydrogen-bond donors (Lipinski definition) is 3. The molecule has 428 valence electrons. The summed E-state index contributed by atoms with van der Waals surface area (Å²) in [5, 5.41) is 18.2. The third kappa shape index (κ3) is 12.9. The minimum atomic E-state index is -0.926. The van der Waals surface area contributed by atoms with Gasteiger partial charge in [0.2, 0.25) is 0 Å². The maximum Gasteiger partial charge on any atom is 0.193 e. The Morgan fingerprint density at radius 1 is 0.460 bits per heavy atom. The quantitative estimate of drug-likeness (QED) is 0.0307. The molecule has 0 amide bonds. The first kappa shape index (κ1) is 56.8. The van der Waals surface area contributed by atoms with Crippen LogP contribution in [0, 0.1) is 0 Å². The molecular formula is C76H64N6O5. The van der Waals surface area contributed by atoms with Gasteiger partial charge in [-0.05, 0) is 143 Å². The maximum absolute atomic E-state index is 14.2. The average Bonchev–Trinajstić information content (AvgIpc) is 0.770. The number of fused-ring (bicyclic) bond motifs is 2. The Morgan fingerprint density at radius 2 is 0.862 bits per heavy atom. The molecule has 0 aliphatic heterocycles. The van der Waals surface area contributed by atoms with Crippen LogP contribution in [0.3, 0.4) is 0 Å². The van der Waals surface area contributed by atoms with E-state index in [1.165, 1.54) is 0 Å². The number of aliphatic hydroxyl groups is 1. The van der Waals surface area contributed by atoms with Gasteiger partial charge in [-0.3, -0.25) is 20.0 Å². The number of nitrogens with one attached hydrogen (secondary N) is 2. The number of hydrazine groups is 1. The van der Waals surface area contributed by atoms with Gasteiger partial charge in [0.15, 0.2) is 11.6 Å². The van der Waals surface area contributed by atoms with Gasteiger partial charge in [0, 0.05) is 51.8 Å². The number of Topliss-reactive ketones (excluding diaryl/α,β-unsaturated/α-hetero) is 1. The number of carbonyl (C=O) groups excluding carboxylic acids is 2. The van der Waals surface area contributed by atoms with Crippen molar-refractivity contribution in [2.75, 3.05) is 41.1 Å². The molecule has 3 N–H and O–H groups in total. The summed E-state index contributed by atoms with van der Waals surface area (Å²) >= 11 is 0. The summed E-state index contributed by atoms with van der Waals surface area (Å²) in [4.78, 5) is 31.8. The van der Waals surface area contributed by atoms with Crippen LogP contribution in [-0.2, 0) is 16.8 Å². The zero-order chi connectivity index (χ0) is 59.2. The molecule has 0 heterocycles. The van der Waals surface area contributed by atoms with Crippen LogP contribution in [0.4, 0.5) is 39.8 Å². The molecule has 0 spiro atoms. The summed E-state index contributed by atoms with van der Waals surface area (Å²) in [6.45, 7) is 0.621. The van der Waals surface area contributed by atoms with Crippen LogP contribution in [0.1, 0.15) is 49.3 Å². The Bertz CT molecular complexity index is 3940. The van der Waals surface area contributed by atoms with Crippen molar-refractivity contribution in [1.29, 1.82) is 0 Å². The fourth-order valence-electron chi connectivity index (χ4n) is 11.3. The lowest BCUT2D eigenvalue weighted by Gasteiger charge is -2.41. The Morgan fingerprint density at radius 3 is 1.33 bits per heavy atom. The van der Waals surface area contributed by atoms with Gasteiger partial charge in [-0.15, -0.1) is 0 Å². The fourth-order valence-corrected chi connectivity index (χ4v) is 11.3. The highest BCUT2D eigenvalue weighted by Gasteiger charge is 2.46. The van der Waals surface area contributed by atoms with Crippen LogP contribution < -0.4 is 35.1 Å². The SMILES string of the molecule is O=C(CNNCc1ccc(N(c2ccccc2)c2ccccc2)cc1)COc1ccc(C2(c3ccc(OCC(O)CN(N=Cc4ccc(N(c5ccccc5)c5ccccc5)cc4)c4ccccc4)cc3)c3ccccc3C(=O)c3ccccc32)cc1. The van der Waals surface area contributed by atoms with E-state index < -0.39 is 11.5 Å². The van der Waals surface area contributed by atoms with E-state index in [9.17, 15) is 14.7 Å². The first-order chi connectivity index (χ1) is 42.9. The Balaban J connectivity index is 0.703. The topological polar surface area (TPSA) is 119 Å². The number of rotatable bonds is 24. The second-order valence-corrected chi connectivity index (χ2v) is 21.2. The first-order valence-corrected chi connectivity index (χ1v) is 29.1. The smallest absolute Gasteiger partial charge is 0.193 e. The molecule has 0 radical (unpaired) electrons. The van der Waals surface area contributed by atoms with Crippen LogP contribution in [-0.4, -0.2) is 55.3 Å². The molecule has 0 bridgehead atoms. The van der Waals surface area contributed by atoms with Gasteiger partial charge in [0.25, 0.3) is 0 Å². The first-order valence-electron chi connectivity index (χ1n) is 29.1. The summed E-state index contributed by atoms with van der Waals surface area (Å²) < 4.78 is 12.4. The highest BCUT2D eigenvalue weighted by molar-refractivity contribution is 6.14. The second-order valence-electron chi connectivity index (χ2n) is 21.2. The summed E-state index contributed by atoms with van der Waals surface area (Å²) in [6.07, 6.45) is 0.888. The molecule has 0 aromatic heterocycles. The van der Waals surface area contributed by atoms with Gasteiger partial charge in [0.05, 0.1) is 30.4 Å². The number of aliphatic hydroxyl groups excluding tert-OH is 1. The average molecular weight is 1140 g/mol. The minimum Gasteiger partial charge on any atom is -0.491 e. The minimum absolute atomic E-state index is 0.00279. The zero-order valence-corrected chi connectivity index (χ0v) is 47.8. The third-order valence-electron chi connectivity index (χ3n) is 15.5. The molecule has 1 aliphatic rings. The summed E-state index contributed by atoms with van der Waals surface area (Å²) in [5.41, 5.74) is 19.1. The number of anilines is 7. The molecule has 1 atom stereocenters. The number of carbonyl (C=O) groups is 2. The lowest BCUT2D eigenvalue weighted by atomic mass is 9.59. The van der Waals surface area contributed by atoms with Crippen molar-refractivity contribution < 1.29 is 24.2 Å². The van der Waals surface area contributed by atoms with Crippen molar-refractivity contribution in [2.24, 2.45) is 5.10 Å². The van der Waals surface area contributed by atoms with E-state index in [0.29, 0.717) is 29.2 Å². The normalized spacial score (nSPS) is 12.6. The van der Waals surface area contributed by atoms with Crippen LogP contribution in [0.15, 0.2) is 302 Å². The molecule has 11 aromatic carbocycles. The van der Waals surface area contributed by atoms with E-state index in [-0.39, 0.29) is 37.9 Å². The van der Waals surface area contributed by atoms with Crippen molar-refractivity contribution >= 4 is 57.6 Å². The maximum atomic E-state index is 14.2. The number of para-hydroxylation sites is 5. The van der Waals surface area contributed by atoms with E-state index in [2.05, 4.69) is 106 Å². The standard InChI is InChI=1S/C76H64N6O5/c83-67(52-78-77-50-56-34-42-65(43-35-56)81(61-22-8-2-9-23-61)62-24-10-3-11-25-62)54-86-69-46-38-58(39-47-69)76(73-32-18-16-30-71(73)75(85)72-31-17-19-33-74(72)76)59-40-48-70(49-41-59)87-55-68(84)53-80(60-20-6-1-7-21-60)79-51-57-36-44-66(45-37-57)82(63-26-12-4-13-27-63)64-28-14-5-15-29-64/h1-49,51,68,77-78,84H,50,52-55H2. The van der Waals surface area contributed by atoms with Gasteiger partial charge >= 0.3 is 0 Å². The monoisotopic (exact) mass is 1140 g/mol. The van der Waals surface area contributed by atoms with Crippen molar-refractivity contribution in [3.05, 3.63) is 342 Å². The fraction of sp³-hybridized carbons (Fsp3) is 0.0921. The molecule has 12 rings (SSSR count). The lowest BCUT2D eigenvalue weighted by molar-refractivity contribution is -0.120. The van der Waals surface area contributed by atoms with Crippen molar-refractivity contribution in [3.8, 4) is 11.5 Å². The largest absolute Gasteiger partial charge is 0.491 e. The molecular weight excluding hydrogens is 1080 g/mol. The van der Waals surface area contributed by atoms with Gasteiger partial charge < -0.3 is 24.4 Å². The van der Waals surface area contributed by atoms with Crippen LogP contribution in [0.25, 0.3) is 0 Å². The highest BCUT2D eigenvalue weighted by atomic mass is 16.5. The molecule has 0 fully saturated rings. The predicted octanol–water partition coefficient (Wildman–Crippen LogP) is 15.1. The Hall–Kier alpha value is -10.7. The predicted molar refractivity (Wildman–Crippen MR) is 349 cm³/mol. The van der Waals surface area contributed by atoms with Crippen molar-refractivity contribution in [3.63, 3.8) is 0 Å². The Labute approximate surface area is 507 Å². The molecule has 0 saturated heterocycles. The molecule has 87 heavy (non-hydrogen) atoms. The summed E-state index contributed by atoms with van der Waals surface area (Å²) in [7, 11) is 0. The second kappa shape index (κ2) is 26.9. The van der Waals surface area contributed by atoms with Gasteiger partial charge in [-0.25, -0.2) is 5.43 Å². The number of benzene rings is 11. The third-order valence-corrected chi connectivity index (χ3v) is 15.5. The van der Waals surface area contributed by atoms with E-state index in [4.69, 9.17) is 14.6 Å². The number of ether oxygens (including phenoxy) is 2. The van der Waals surface area contributed by atoms with Crippen LogP contribution in [0.2, 0.25) is 0 Å². The van der Waals surface area contributed by atoms with E-state index in [0.717, 1.165) is 73.2 Å². The van der Waals surface area contributed by atoms with E-state index in [1.54, 1.807) is 11.2 Å². The molecule has 1 unspecified atom stereocenters. The summed E-state index contributed by atoms with van der Waals surface area (Å²) in [6, 6.07) is 98.7.